The highest BCUT2D eigenvalue weighted by atomic mass is 16.5. The SMILES string of the molecule is CCC(CC)N(CC(C)C)C(=O)COC(C)(C)C. The van der Waals surface area contributed by atoms with E-state index < -0.39 is 0 Å². The van der Waals surface area contributed by atoms with Crippen LogP contribution in [0.1, 0.15) is 61.3 Å². The molecule has 0 aromatic heterocycles. The topological polar surface area (TPSA) is 29.5 Å². The van der Waals surface area contributed by atoms with Gasteiger partial charge in [-0.05, 0) is 39.5 Å². The van der Waals surface area contributed by atoms with E-state index in [0.717, 1.165) is 19.4 Å². The largest absolute Gasteiger partial charge is 0.366 e. The maximum absolute atomic E-state index is 12.3. The first kappa shape index (κ1) is 17.4. The second kappa shape index (κ2) is 7.78. The molecular weight excluding hydrogens is 226 g/mol. The van der Waals surface area contributed by atoms with Gasteiger partial charge in [-0.25, -0.2) is 0 Å². The number of carbonyl (C=O) groups is 1. The van der Waals surface area contributed by atoms with Crippen molar-refractivity contribution in [3.8, 4) is 0 Å². The molecule has 0 heterocycles. The summed E-state index contributed by atoms with van der Waals surface area (Å²) in [6.07, 6.45) is 2.01. The molecule has 0 aliphatic heterocycles. The number of rotatable bonds is 7. The van der Waals surface area contributed by atoms with Crippen molar-refractivity contribution in [2.24, 2.45) is 5.92 Å². The van der Waals surface area contributed by atoms with Crippen LogP contribution >= 0.6 is 0 Å². The van der Waals surface area contributed by atoms with Gasteiger partial charge in [0.1, 0.15) is 6.61 Å². The second-order valence-electron chi connectivity index (χ2n) is 6.31. The van der Waals surface area contributed by atoms with Gasteiger partial charge in [-0.3, -0.25) is 4.79 Å². The fourth-order valence-electron chi connectivity index (χ4n) is 1.94. The first-order chi connectivity index (χ1) is 8.21. The van der Waals surface area contributed by atoms with Gasteiger partial charge in [0.2, 0.25) is 5.91 Å². The molecule has 18 heavy (non-hydrogen) atoms. The molecule has 3 nitrogen and oxygen atoms in total. The molecule has 1 amide bonds. The Hall–Kier alpha value is -0.570. The summed E-state index contributed by atoms with van der Waals surface area (Å²) in [5.41, 5.74) is -0.257. The predicted octanol–water partition coefficient (Wildman–Crippen LogP) is 3.47. The number of amides is 1. The van der Waals surface area contributed by atoms with Crippen LogP contribution in [0.4, 0.5) is 0 Å². The minimum absolute atomic E-state index is 0.118. The summed E-state index contributed by atoms with van der Waals surface area (Å²) >= 11 is 0. The van der Waals surface area contributed by atoms with Crippen molar-refractivity contribution in [3.05, 3.63) is 0 Å². The number of hydrogen-bond donors (Lipinski definition) is 0. The lowest BCUT2D eigenvalue weighted by Gasteiger charge is -2.33. The molecule has 0 saturated heterocycles. The van der Waals surface area contributed by atoms with E-state index in [1.807, 2.05) is 25.7 Å². The van der Waals surface area contributed by atoms with Crippen molar-refractivity contribution in [3.63, 3.8) is 0 Å². The van der Waals surface area contributed by atoms with E-state index in [0.29, 0.717) is 12.0 Å². The molecule has 0 rings (SSSR count). The van der Waals surface area contributed by atoms with Gasteiger partial charge in [-0.15, -0.1) is 0 Å². The van der Waals surface area contributed by atoms with Crippen LogP contribution in [-0.2, 0) is 9.53 Å². The molecule has 0 N–H and O–H groups in total. The molecule has 0 saturated carbocycles. The molecule has 0 atom stereocenters. The summed E-state index contributed by atoms with van der Waals surface area (Å²) in [4.78, 5) is 14.3. The van der Waals surface area contributed by atoms with Gasteiger partial charge in [0.25, 0.3) is 0 Å². The van der Waals surface area contributed by atoms with Crippen molar-refractivity contribution in [1.82, 2.24) is 4.90 Å². The summed E-state index contributed by atoms with van der Waals surface area (Å²) in [6, 6.07) is 0.337. The van der Waals surface area contributed by atoms with Crippen LogP contribution in [0.15, 0.2) is 0 Å². The molecule has 0 bridgehead atoms. The van der Waals surface area contributed by atoms with Crippen LogP contribution in [0.5, 0.6) is 0 Å². The zero-order chi connectivity index (χ0) is 14.3. The Morgan fingerprint density at radius 3 is 2.00 bits per heavy atom. The third-order valence-corrected chi connectivity index (χ3v) is 2.89. The average Bonchev–Trinajstić information content (AvgIpc) is 2.24. The van der Waals surface area contributed by atoms with Crippen molar-refractivity contribution < 1.29 is 9.53 Å². The van der Waals surface area contributed by atoms with Crippen molar-refractivity contribution in [2.75, 3.05) is 13.2 Å². The quantitative estimate of drug-likeness (QED) is 0.699. The summed E-state index contributed by atoms with van der Waals surface area (Å²) in [6.45, 7) is 15.5. The van der Waals surface area contributed by atoms with E-state index in [4.69, 9.17) is 4.74 Å². The molecule has 0 fully saturated rings. The third-order valence-electron chi connectivity index (χ3n) is 2.89. The first-order valence-electron chi connectivity index (χ1n) is 7.14. The van der Waals surface area contributed by atoms with Crippen LogP contribution in [0, 0.1) is 5.92 Å². The standard InChI is InChI=1S/C15H31NO2/c1-8-13(9-2)16(10-12(3)4)14(17)11-18-15(5,6)7/h12-13H,8-11H2,1-7H3. The van der Waals surface area contributed by atoms with Crippen molar-refractivity contribution >= 4 is 5.91 Å². The average molecular weight is 257 g/mol. The third kappa shape index (κ3) is 7.00. The van der Waals surface area contributed by atoms with Crippen LogP contribution in [0.3, 0.4) is 0 Å². The monoisotopic (exact) mass is 257 g/mol. The molecule has 0 unspecified atom stereocenters. The molecule has 0 spiro atoms. The van der Waals surface area contributed by atoms with E-state index in [-0.39, 0.29) is 18.1 Å². The molecule has 108 valence electrons. The van der Waals surface area contributed by atoms with E-state index in [2.05, 4.69) is 27.7 Å². The van der Waals surface area contributed by atoms with Gasteiger partial charge >= 0.3 is 0 Å². The molecule has 3 heteroatoms. The highest BCUT2D eigenvalue weighted by Crippen LogP contribution is 2.14. The Morgan fingerprint density at radius 2 is 1.67 bits per heavy atom. The maximum Gasteiger partial charge on any atom is 0.248 e. The van der Waals surface area contributed by atoms with E-state index in [1.54, 1.807) is 0 Å². The summed E-state index contributed by atoms with van der Waals surface area (Å²) in [5.74, 6) is 0.608. The van der Waals surface area contributed by atoms with Gasteiger partial charge in [-0.1, -0.05) is 27.7 Å². The van der Waals surface area contributed by atoms with Gasteiger partial charge in [0.15, 0.2) is 0 Å². The molecule has 0 aliphatic carbocycles. The van der Waals surface area contributed by atoms with Crippen LogP contribution in [-0.4, -0.2) is 35.6 Å². The maximum atomic E-state index is 12.3. The predicted molar refractivity (Wildman–Crippen MR) is 76.6 cm³/mol. The van der Waals surface area contributed by atoms with E-state index in [1.165, 1.54) is 0 Å². The lowest BCUT2D eigenvalue weighted by Crippen LogP contribution is -2.44. The fourth-order valence-corrected chi connectivity index (χ4v) is 1.94. The van der Waals surface area contributed by atoms with Gasteiger partial charge in [0, 0.05) is 12.6 Å². The normalized spacial score (nSPS) is 12.3. The van der Waals surface area contributed by atoms with Crippen molar-refractivity contribution in [2.45, 2.75) is 73.0 Å². The molecular formula is C15H31NO2. The lowest BCUT2D eigenvalue weighted by molar-refractivity contribution is -0.144. The number of hydrogen-bond acceptors (Lipinski definition) is 2. The Bertz CT molecular complexity index is 239. The number of ether oxygens (including phenoxy) is 1. The van der Waals surface area contributed by atoms with E-state index >= 15 is 0 Å². The number of nitrogens with zero attached hydrogens (tertiary/aromatic N) is 1. The summed E-state index contributed by atoms with van der Waals surface area (Å²) in [7, 11) is 0. The summed E-state index contributed by atoms with van der Waals surface area (Å²) in [5, 5.41) is 0. The number of carbonyl (C=O) groups excluding carboxylic acids is 1. The van der Waals surface area contributed by atoms with Crippen LogP contribution in [0.25, 0.3) is 0 Å². The summed E-state index contributed by atoms with van der Waals surface area (Å²) < 4.78 is 5.60. The van der Waals surface area contributed by atoms with Crippen LogP contribution in [0.2, 0.25) is 0 Å². The smallest absolute Gasteiger partial charge is 0.248 e. The molecule has 0 aromatic carbocycles. The Labute approximate surface area is 113 Å². The fraction of sp³-hybridized carbons (Fsp3) is 0.933. The Morgan fingerprint density at radius 1 is 1.17 bits per heavy atom. The Balaban J connectivity index is 4.59. The van der Waals surface area contributed by atoms with E-state index in [9.17, 15) is 4.79 Å². The van der Waals surface area contributed by atoms with Gasteiger partial charge < -0.3 is 9.64 Å². The molecule has 0 aliphatic rings. The van der Waals surface area contributed by atoms with Gasteiger partial charge in [-0.2, -0.15) is 0 Å². The zero-order valence-corrected chi connectivity index (χ0v) is 13.2. The first-order valence-corrected chi connectivity index (χ1v) is 7.14. The minimum Gasteiger partial charge on any atom is -0.366 e. The molecule has 0 aromatic rings. The van der Waals surface area contributed by atoms with Crippen molar-refractivity contribution in [1.29, 1.82) is 0 Å². The van der Waals surface area contributed by atoms with Gasteiger partial charge in [0.05, 0.1) is 5.60 Å². The highest BCUT2D eigenvalue weighted by molar-refractivity contribution is 5.77. The second-order valence-corrected chi connectivity index (χ2v) is 6.31. The lowest BCUT2D eigenvalue weighted by atomic mass is 10.1. The zero-order valence-electron chi connectivity index (χ0n) is 13.2. The minimum atomic E-state index is -0.257. The van der Waals surface area contributed by atoms with Crippen LogP contribution < -0.4 is 0 Å². The highest BCUT2D eigenvalue weighted by Gasteiger charge is 2.23. The molecule has 0 radical (unpaired) electrons. The Kier molecular flexibility index (Phi) is 7.53.